The number of hydrogen-bond donors (Lipinski definition) is 2. The number of halogens is 2. The molecule has 4 heteroatoms. The average Bonchev–Trinajstić information content (AvgIpc) is 2.20. The van der Waals surface area contributed by atoms with Crippen molar-refractivity contribution in [1.29, 1.82) is 0 Å². The van der Waals surface area contributed by atoms with Gasteiger partial charge in [0.2, 0.25) is 0 Å². The van der Waals surface area contributed by atoms with Crippen LogP contribution in [-0.4, -0.2) is 22.9 Å². The van der Waals surface area contributed by atoms with Crippen LogP contribution in [-0.2, 0) is 0 Å². The molecule has 1 rings (SSSR count). The van der Waals surface area contributed by atoms with Crippen molar-refractivity contribution >= 4 is 23.2 Å². The highest BCUT2D eigenvalue weighted by molar-refractivity contribution is 6.42. The number of benzene rings is 1. The van der Waals surface area contributed by atoms with Gasteiger partial charge in [0.15, 0.2) is 0 Å². The largest absolute Gasteiger partial charge is 0.394 e. The van der Waals surface area contributed by atoms with E-state index in [0.717, 1.165) is 5.56 Å². The molecule has 0 radical (unpaired) electrons. The normalized spacial score (nSPS) is 15.2. The molecule has 0 aliphatic rings. The van der Waals surface area contributed by atoms with Gasteiger partial charge in [0.1, 0.15) is 0 Å². The zero-order valence-electron chi connectivity index (χ0n) is 7.74. The predicted octanol–water partition coefficient (Wildman–Crippen LogP) is 2.45. The van der Waals surface area contributed by atoms with Crippen LogP contribution >= 0.6 is 23.2 Å². The van der Waals surface area contributed by atoms with Crippen LogP contribution in [0.3, 0.4) is 0 Å². The lowest BCUT2D eigenvalue weighted by atomic mass is 9.96. The molecular formula is C10H12Cl2O2. The first-order valence-electron chi connectivity index (χ1n) is 4.30. The lowest BCUT2D eigenvalue weighted by Crippen LogP contribution is -2.19. The second kappa shape index (κ2) is 4.99. The molecule has 0 saturated heterocycles. The summed E-state index contributed by atoms with van der Waals surface area (Å²) in [5, 5.41) is 19.1. The van der Waals surface area contributed by atoms with E-state index in [0.29, 0.717) is 10.0 Å². The summed E-state index contributed by atoms with van der Waals surface area (Å²) in [4.78, 5) is 0. The number of aliphatic hydroxyl groups excluding tert-OH is 2. The van der Waals surface area contributed by atoms with Crippen LogP contribution in [0, 0.1) is 0 Å². The summed E-state index contributed by atoms with van der Waals surface area (Å²) in [6.07, 6.45) is -0.771. The summed E-state index contributed by atoms with van der Waals surface area (Å²) in [7, 11) is 0. The first-order chi connectivity index (χ1) is 6.56. The van der Waals surface area contributed by atoms with E-state index in [1.54, 1.807) is 18.2 Å². The SMILES string of the molecule is C[C@H](c1ccc(Cl)c(Cl)c1)[C@@H](O)CO. The van der Waals surface area contributed by atoms with Crippen molar-refractivity contribution in [2.75, 3.05) is 6.61 Å². The molecular weight excluding hydrogens is 223 g/mol. The lowest BCUT2D eigenvalue weighted by Gasteiger charge is -2.17. The molecule has 0 spiro atoms. The van der Waals surface area contributed by atoms with Crippen LogP contribution in [0.15, 0.2) is 18.2 Å². The quantitative estimate of drug-likeness (QED) is 0.844. The lowest BCUT2D eigenvalue weighted by molar-refractivity contribution is 0.0772. The Kier molecular flexibility index (Phi) is 4.20. The Balaban J connectivity index is 2.91. The van der Waals surface area contributed by atoms with E-state index in [4.69, 9.17) is 28.3 Å². The van der Waals surface area contributed by atoms with Crippen molar-refractivity contribution in [3.8, 4) is 0 Å². The zero-order chi connectivity index (χ0) is 10.7. The van der Waals surface area contributed by atoms with Gasteiger partial charge in [0.25, 0.3) is 0 Å². The molecule has 0 saturated carbocycles. The molecule has 0 unspecified atom stereocenters. The molecule has 2 nitrogen and oxygen atoms in total. The smallest absolute Gasteiger partial charge is 0.0836 e. The van der Waals surface area contributed by atoms with Gasteiger partial charge >= 0.3 is 0 Å². The first kappa shape index (κ1) is 11.8. The van der Waals surface area contributed by atoms with Gasteiger partial charge in [-0.25, -0.2) is 0 Å². The van der Waals surface area contributed by atoms with E-state index < -0.39 is 6.10 Å². The Hall–Kier alpha value is -0.280. The highest BCUT2D eigenvalue weighted by Gasteiger charge is 2.15. The third kappa shape index (κ3) is 2.61. The van der Waals surface area contributed by atoms with Crippen molar-refractivity contribution in [2.45, 2.75) is 18.9 Å². The van der Waals surface area contributed by atoms with Crippen LogP contribution < -0.4 is 0 Å². The number of aliphatic hydroxyl groups is 2. The second-order valence-corrected chi connectivity index (χ2v) is 4.03. The van der Waals surface area contributed by atoms with Crippen molar-refractivity contribution in [1.82, 2.24) is 0 Å². The molecule has 0 amide bonds. The van der Waals surface area contributed by atoms with Gasteiger partial charge < -0.3 is 10.2 Å². The highest BCUT2D eigenvalue weighted by atomic mass is 35.5. The van der Waals surface area contributed by atoms with Crippen LogP contribution in [0.5, 0.6) is 0 Å². The number of rotatable bonds is 3. The molecule has 0 aromatic heterocycles. The fourth-order valence-corrected chi connectivity index (χ4v) is 1.48. The molecule has 0 bridgehead atoms. The Morgan fingerprint density at radius 1 is 1.29 bits per heavy atom. The Bertz CT molecular complexity index is 315. The van der Waals surface area contributed by atoms with Crippen molar-refractivity contribution in [2.24, 2.45) is 0 Å². The minimum atomic E-state index is -0.771. The maximum atomic E-state index is 9.41. The number of hydrogen-bond acceptors (Lipinski definition) is 2. The van der Waals surface area contributed by atoms with E-state index >= 15 is 0 Å². The maximum absolute atomic E-state index is 9.41. The molecule has 14 heavy (non-hydrogen) atoms. The molecule has 2 atom stereocenters. The molecule has 0 fully saturated rings. The fraction of sp³-hybridized carbons (Fsp3) is 0.400. The third-order valence-electron chi connectivity index (χ3n) is 2.23. The molecule has 1 aromatic carbocycles. The van der Waals surface area contributed by atoms with Gasteiger partial charge in [-0.1, -0.05) is 36.2 Å². The van der Waals surface area contributed by atoms with E-state index in [1.807, 2.05) is 6.92 Å². The first-order valence-corrected chi connectivity index (χ1v) is 5.05. The van der Waals surface area contributed by atoms with E-state index in [-0.39, 0.29) is 12.5 Å². The minimum absolute atomic E-state index is 0.158. The molecule has 2 N–H and O–H groups in total. The monoisotopic (exact) mass is 234 g/mol. The Morgan fingerprint density at radius 2 is 1.93 bits per heavy atom. The molecule has 0 aliphatic heterocycles. The Morgan fingerprint density at radius 3 is 2.43 bits per heavy atom. The van der Waals surface area contributed by atoms with Gasteiger partial charge in [-0.3, -0.25) is 0 Å². The van der Waals surface area contributed by atoms with Crippen molar-refractivity contribution in [3.63, 3.8) is 0 Å². The highest BCUT2D eigenvalue weighted by Crippen LogP contribution is 2.27. The van der Waals surface area contributed by atoms with Crippen LogP contribution in [0.4, 0.5) is 0 Å². The summed E-state index contributed by atoms with van der Waals surface area (Å²) in [5.41, 5.74) is 0.862. The average molecular weight is 235 g/mol. The summed E-state index contributed by atoms with van der Waals surface area (Å²) < 4.78 is 0. The fourth-order valence-electron chi connectivity index (χ4n) is 1.18. The van der Waals surface area contributed by atoms with Crippen LogP contribution in [0.1, 0.15) is 18.4 Å². The summed E-state index contributed by atoms with van der Waals surface area (Å²) in [6.45, 7) is 1.56. The van der Waals surface area contributed by atoms with Crippen molar-refractivity contribution in [3.05, 3.63) is 33.8 Å². The predicted molar refractivity (Wildman–Crippen MR) is 58.0 cm³/mol. The standard InChI is InChI=1S/C10H12Cl2O2/c1-6(10(14)5-13)7-2-3-8(11)9(12)4-7/h2-4,6,10,13-14H,5H2,1H3/t6-,10+/m1/s1. The zero-order valence-corrected chi connectivity index (χ0v) is 9.26. The second-order valence-electron chi connectivity index (χ2n) is 3.21. The van der Waals surface area contributed by atoms with Gasteiger partial charge in [-0.2, -0.15) is 0 Å². The van der Waals surface area contributed by atoms with Crippen molar-refractivity contribution < 1.29 is 10.2 Å². The van der Waals surface area contributed by atoms with Crippen LogP contribution in [0.25, 0.3) is 0 Å². The molecule has 78 valence electrons. The maximum Gasteiger partial charge on any atom is 0.0836 e. The van der Waals surface area contributed by atoms with E-state index in [2.05, 4.69) is 0 Å². The Labute approximate surface area is 93.1 Å². The summed E-state index contributed by atoms with van der Waals surface area (Å²) in [5.74, 6) is -0.158. The summed E-state index contributed by atoms with van der Waals surface area (Å²) in [6, 6.07) is 5.17. The molecule has 1 aromatic rings. The minimum Gasteiger partial charge on any atom is -0.394 e. The topological polar surface area (TPSA) is 40.5 Å². The van der Waals surface area contributed by atoms with Gasteiger partial charge in [0.05, 0.1) is 22.8 Å². The molecule has 0 aliphatic carbocycles. The van der Waals surface area contributed by atoms with Gasteiger partial charge in [-0.05, 0) is 17.7 Å². The molecule has 0 heterocycles. The summed E-state index contributed by atoms with van der Waals surface area (Å²) >= 11 is 11.6. The van der Waals surface area contributed by atoms with Gasteiger partial charge in [0, 0.05) is 5.92 Å². The van der Waals surface area contributed by atoms with Crippen LogP contribution in [0.2, 0.25) is 10.0 Å². The van der Waals surface area contributed by atoms with Gasteiger partial charge in [-0.15, -0.1) is 0 Å². The van der Waals surface area contributed by atoms with E-state index in [1.165, 1.54) is 0 Å². The third-order valence-corrected chi connectivity index (χ3v) is 2.97. The van der Waals surface area contributed by atoms with E-state index in [9.17, 15) is 5.11 Å².